The lowest BCUT2D eigenvalue weighted by molar-refractivity contribution is -0.385. The normalized spacial score (nSPS) is 17.1. The molecule has 0 aliphatic carbocycles. The molecule has 0 amide bonds. The Kier molecular flexibility index (Phi) is 3.27. The quantitative estimate of drug-likeness (QED) is 0.693. The number of phenolic OH excluding ortho intramolecular Hbond substituents is 1. The van der Waals surface area contributed by atoms with Crippen molar-refractivity contribution in [2.75, 3.05) is 6.54 Å². The van der Waals surface area contributed by atoms with Crippen molar-refractivity contribution >= 4 is 11.6 Å². The fraction of sp³-hybridized carbons (Fsp3) is 0.133. The van der Waals surface area contributed by atoms with E-state index < -0.39 is 10.7 Å². The first-order chi connectivity index (χ1) is 10.2. The van der Waals surface area contributed by atoms with Crippen LogP contribution in [-0.2, 0) is 4.74 Å². The van der Waals surface area contributed by atoms with Crippen LogP contribution >= 0.6 is 0 Å². The van der Waals surface area contributed by atoms with Crippen LogP contribution in [0.25, 0.3) is 0 Å². The number of nitro groups is 1. The number of phenols is 1. The Balaban J connectivity index is 1.87. The largest absolute Gasteiger partial charge is 0.502 e. The van der Waals surface area contributed by atoms with E-state index in [1.807, 2.05) is 30.3 Å². The second-order valence-corrected chi connectivity index (χ2v) is 4.59. The summed E-state index contributed by atoms with van der Waals surface area (Å²) in [6.45, 7) is 0.418. The summed E-state index contributed by atoms with van der Waals surface area (Å²) in [7, 11) is 0. The second-order valence-electron chi connectivity index (χ2n) is 4.59. The fourth-order valence-electron chi connectivity index (χ4n) is 2.22. The van der Waals surface area contributed by atoms with Gasteiger partial charge in [-0.2, -0.15) is 0 Å². The molecule has 0 bridgehead atoms. The predicted octanol–water partition coefficient (Wildman–Crippen LogP) is 2.82. The van der Waals surface area contributed by atoms with E-state index in [1.54, 1.807) is 6.07 Å². The third-order valence-electron chi connectivity index (χ3n) is 3.27. The maximum absolute atomic E-state index is 10.8. The maximum Gasteiger partial charge on any atom is 0.311 e. The van der Waals surface area contributed by atoms with Gasteiger partial charge in [-0.05, 0) is 11.6 Å². The molecular formula is C15H12N2O4. The Labute approximate surface area is 120 Å². The Hall–Kier alpha value is -2.89. The molecule has 3 rings (SSSR count). The summed E-state index contributed by atoms with van der Waals surface area (Å²) in [6.07, 6.45) is -0.236. The molecule has 0 saturated carbocycles. The molecule has 0 spiro atoms. The van der Waals surface area contributed by atoms with Gasteiger partial charge in [0.1, 0.15) is 6.10 Å². The second kappa shape index (κ2) is 5.24. The molecule has 1 aliphatic heterocycles. The monoisotopic (exact) mass is 284 g/mol. The van der Waals surface area contributed by atoms with E-state index >= 15 is 0 Å². The predicted molar refractivity (Wildman–Crippen MR) is 76.4 cm³/mol. The van der Waals surface area contributed by atoms with Crippen LogP contribution in [0.1, 0.15) is 17.2 Å². The molecule has 6 heteroatoms. The van der Waals surface area contributed by atoms with Gasteiger partial charge in [0.15, 0.2) is 0 Å². The Morgan fingerprint density at radius 3 is 2.67 bits per heavy atom. The highest BCUT2D eigenvalue weighted by Gasteiger charge is 2.27. The summed E-state index contributed by atoms with van der Waals surface area (Å²) >= 11 is 0. The third-order valence-corrected chi connectivity index (χ3v) is 3.27. The fourth-order valence-corrected chi connectivity index (χ4v) is 2.22. The van der Waals surface area contributed by atoms with Gasteiger partial charge in [0, 0.05) is 6.07 Å². The first-order valence-corrected chi connectivity index (χ1v) is 6.39. The van der Waals surface area contributed by atoms with E-state index in [0.717, 1.165) is 5.56 Å². The molecule has 0 radical (unpaired) electrons. The van der Waals surface area contributed by atoms with Gasteiger partial charge >= 0.3 is 5.69 Å². The lowest BCUT2D eigenvalue weighted by Gasteiger charge is -2.12. The van der Waals surface area contributed by atoms with Crippen molar-refractivity contribution in [3.05, 3.63) is 69.8 Å². The van der Waals surface area contributed by atoms with Gasteiger partial charge in [0.05, 0.1) is 17.0 Å². The molecule has 1 aliphatic rings. The number of hydrogen-bond donors (Lipinski definition) is 1. The van der Waals surface area contributed by atoms with E-state index in [0.29, 0.717) is 6.54 Å². The van der Waals surface area contributed by atoms with Crippen molar-refractivity contribution in [2.24, 2.45) is 4.99 Å². The number of ether oxygens (including phenoxy) is 1. The maximum atomic E-state index is 10.8. The minimum Gasteiger partial charge on any atom is -0.502 e. The number of aromatic hydroxyl groups is 1. The molecule has 2 aromatic rings. The standard InChI is InChI=1S/C15H12N2O4/c18-14-11(7-4-8-12(14)17(19)20)15-16-9-13(21-15)10-5-2-1-3-6-10/h1-8,13,18H,9H2. The molecule has 1 heterocycles. The van der Waals surface area contributed by atoms with E-state index in [1.165, 1.54) is 12.1 Å². The summed E-state index contributed by atoms with van der Waals surface area (Å²) in [4.78, 5) is 14.4. The molecule has 0 aromatic heterocycles. The SMILES string of the molecule is O=[N+]([O-])c1cccc(C2=NCC(c3ccccc3)O2)c1O. The van der Waals surface area contributed by atoms with Crippen LogP contribution in [0.5, 0.6) is 5.75 Å². The number of nitrogens with zero attached hydrogens (tertiary/aromatic N) is 2. The lowest BCUT2D eigenvalue weighted by Crippen LogP contribution is -2.07. The van der Waals surface area contributed by atoms with Crippen LogP contribution in [-0.4, -0.2) is 22.5 Å². The Morgan fingerprint density at radius 1 is 1.19 bits per heavy atom. The molecule has 1 atom stereocenters. The molecule has 6 nitrogen and oxygen atoms in total. The van der Waals surface area contributed by atoms with Gasteiger partial charge in [0.25, 0.3) is 0 Å². The summed E-state index contributed by atoms with van der Waals surface area (Å²) in [5.74, 6) is -0.194. The van der Waals surface area contributed by atoms with Crippen LogP contribution < -0.4 is 0 Å². The molecule has 1 N–H and O–H groups in total. The van der Waals surface area contributed by atoms with Gasteiger partial charge in [-0.25, -0.2) is 4.99 Å². The molecular weight excluding hydrogens is 272 g/mol. The van der Waals surface area contributed by atoms with Gasteiger partial charge < -0.3 is 9.84 Å². The number of nitro benzene ring substituents is 1. The summed E-state index contributed by atoms with van der Waals surface area (Å²) in [5.41, 5.74) is 0.853. The number of benzene rings is 2. The average molecular weight is 284 g/mol. The molecule has 106 valence electrons. The minimum atomic E-state index is -0.636. The Bertz CT molecular complexity index is 713. The first-order valence-electron chi connectivity index (χ1n) is 6.39. The lowest BCUT2D eigenvalue weighted by atomic mass is 10.1. The van der Waals surface area contributed by atoms with Gasteiger partial charge in [-0.1, -0.05) is 36.4 Å². The van der Waals surface area contributed by atoms with Crippen molar-refractivity contribution in [3.63, 3.8) is 0 Å². The number of hydrogen-bond acceptors (Lipinski definition) is 5. The minimum absolute atomic E-state index is 0.227. The third kappa shape index (κ3) is 2.43. The van der Waals surface area contributed by atoms with Crippen molar-refractivity contribution in [1.29, 1.82) is 0 Å². The summed E-state index contributed by atoms with van der Waals surface area (Å²) < 4.78 is 5.72. The Morgan fingerprint density at radius 2 is 1.95 bits per heavy atom. The number of aliphatic imine (C=N–C) groups is 1. The van der Waals surface area contributed by atoms with Crippen LogP contribution in [0.15, 0.2) is 53.5 Å². The van der Waals surface area contributed by atoms with Crippen molar-refractivity contribution in [3.8, 4) is 5.75 Å². The molecule has 1 unspecified atom stereocenters. The van der Waals surface area contributed by atoms with Crippen LogP contribution in [0.4, 0.5) is 5.69 Å². The summed E-state index contributed by atoms with van der Waals surface area (Å²) in [5, 5.41) is 20.8. The van der Waals surface area contributed by atoms with Crippen LogP contribution in [0.2, 0.25) is 0 Å². The van der Waals surface area contributed by atoms with E-state index in [4.69, 9.17) is 4.74 Å². The van der Waals surface area contributed by atoms with Gasteiger partial charge in [0.2, 0.25) is 11.6 Å². The first kappa shape index (κ1) is 13.1. The number of rotatable bonds is 3. The zero-order valence-electron chi connectivity index (χ0n) is 11.0. The zero-order chi connectivity index (χ0) is 14.8. The van der Waals surface area contributed by atoms with Crippen molar-refractivity contribution < 1.29 is 14.8 Å². The highest BCUT2D eigenvalue weighted by molar-refractivity contribution is 5.98. The highest BCUT2D eigenvalue weighted by atomic mass is 16.6. The van der Waals surface area contributed by atoms with Crippen LogP contribution in [0, 0.1) is 10.1 Å². The van der Waals surface area contributed by atoms with Crippen molar-refractivity contribution in [2.45, 2.75) is 6.10 Å². The molecule has 2 aromatic carbocycles. The summed E-state index contributed by atoms with van der Waals surface area (Å²) in [6, 6.07) is 13.9. The van der Waals surface area contributed by atoms with E-state index in [9.17, 15) is 15.2 Å². The number of para-hydroxylation sites is 1. The average Bonchev–Trinajstić information content (AvgIpc) is 2.98. The smallest absolute Gasteiger partial charge is 0.311 e. The van der Waals surface area contributed by atoms with Crippen LogP contribution in [0.3, 0.4) is 0 Å². The zero-order valence-corrected chi connectivity index (χ0v) is 11.0. The molecule has 0 fully saturated rings. The van der Waals surface area contributed by atoms with Gasteiger partial charge in [-0.15, -0.1) is 0 Å². The van der Waals surface area contributed by atoms with Crippen molar-refractivity contribution in [1.82, 2.24) is 0 Å². The highest BCUT2D eigenvalue weighted by Crippen LogP contribution is 2.33. The van der Waals surface area contributed by atoms with E-state index in [-0.39, 0.29) is 23.3 Å². The topological polar surface area (TPSA) is 85.0 Å². The van der Waals surface area contributed by atoms with E-state index in [2.05, 4.69) is 4.99 Å². The molecule has 0 saturated heterocycles. The molecule has 21 heavy (non-hydrogen) atoms. The van der Waals surface area contributed by atoms with Gasteiger partial charge in [-0.3, -0.25) is 10.1 Å².